The van der Waals surface area contributed by atoms with E-state index >= 15 is 0 Å². The lowest BCUT2D eigenvalue weighted by Gasteiger charge is -2.25. The number of carboxylic acid groups (broad SMARTS) is 2. The van der Waals surface area contributed by atoms with Gasteiger partial charge in [0, 0.05) is 13.0 Å². The van der Waals surface area contributed by atoms with Gasteiger partial charge < -0.3 is 48.5 Å². The number of aliphatic imine (C=N–C) groups is 1. The fourth-order valence-electron chi connectivity index (χ4n) is 2.70. The largest absolute Gasteiger partial charge is 0.481 e. The minimum Gasteiger partial charge on any atom is -0.481 e. The average Bonchev–Trinajstić information content (AvgIpc) is 2.79. The molecule has 4 unspecified atom stereocenters. The zero-order chi connectivity index (χ0) is 27.0. The Hall–Kier alpha value is -3.11. The van der Waals surface area contributed by atoms with Crippen molar-refractivity contribution >= 4 is 47.4 Å². The monoisotopic (exact) mass is 521 g/mol. The van der Waals surface area contributed by atoms with Gasteiger partial charge in [0.1, 0.15) is 18.1 Å². The van der Waals surface area contributed by atoms with Gasteiger partial charge in [-0.15, -0.1) is 0 Å². The third-order valence-corrected chi connectivity index (χ3v) is 5.27. The summed E-state index contributed by atoms with van der Waals surface area (Å²) in [5, 5.41) is 34.1. The highest BCUT2D eigenvalue weighted by Gasteiger charge is 2.30. The maximum atomic E-state index is 12.9. The molecule has 4 atom stereocenters. The Morgan fingerprint density at radius 2 is 1.43 bits per heavy atom. The van der Waals surface area contributed by atoms with Gasteiger partial charge in [-0.25, -0.2) is 4.79 Å². The Labute approximate surface area is 206 Å². The van der Waals surface area contributed by atoms with Crippen molar-refractivity contribution in [2.75, 3.05) is 25.2 Å². The van der Waals surface area contributed by atoms with Crippen molar-refractivity contribution in [2.45, 2.75) is 56.3 Å². The van der Waals surface area contributed by atoms with Crippen molar-refractivity contribution in [3.05, 3.63) is 0 Å². The average molecular weight is 522 g/mol. The number of aliphatic hydroxyl groups is 1. The number of aliphatic carboxylic acids is 2. The first-order valence-corrected chi connectivity index (χ1v) is 12.1. The summed E-state index contributed by atoms with van der Waals surface area (Å²) in [5.41, 5.74) is 16.2. The molecule has 0 heterocycles. The molecule has 35 heavy (non-hydrogen) atoms. The number of rotatable bonds is 18. The maximum absolute atomic E-state index is 12.9. The lowest BCUT2D eigenvalue weighted by molar-refractivity contribution is -0.143. The number of nitrogens with one attached hydrogen (secondary N) is 3. The summed E-state index contributed by atoms with van der Waals surface area (Å²) in [6.07, 6.45) is 1.77. The third kappa shape index (κ3) is 14.0. The molecule has 0 bridgehead atoms. The molecule has 0 aliphatic rings. The van der Waals surface area contributed by atoms with E-state index in [0.29, 0.717) is 5.75 Å². The smallest absolute Gasteiger partial charge is 0.328 e. The second-order valence-corrected chi connectivity index (χ2v) is 8.46. The number of carbonyl (C=O) groups is 5. The van der Waals surface area contributed by atoms with Crippen molar-refractivity contribution < 1.29 is 39.3 Å². The van der Waals surface area contributed by atoms with Crippen LogP contribution in [-0.4, -0.2) is 100 Å². The van der Waals surface area contributed by atoms with Gasteiger partial charge >= 0.3 is 11.9 Å². The summed E-state index contributed by atoms with van der Waals surface area (Å²) in [5.74, 6) is -4.61. The predicted molar refractivity (Wildman–Crippen MR) is 128 cm³/mol. The molecular weight excluding hydrogens is 486 g/mol. The van der Waals surface area contributed by atoms with Crippen LogP contribution >= 0.6 is 11.8 Å². The summed E-state index contributed by atoms with van der Waals surface area (Å²) in [6.45, 7) is -0.730. The van der Waals surface area contributed by atoms with Crippen LogP contribution in [0.1, 0.15) is 32.1 Å². The van der Waals surface area contributed by atoms with E-state index in [4.69, 9.17) is 27.4 Å². The Balaban J connectivity index is 5.46. The second-order valence-electron chi connectivity index (χ2n) is 7.47. The molecule has 3 amide bonds. The number of hydrogen-bond donors (Lipinski definition) is 9. The van der Waals surface area contributed by atoms with E-state index < -0.39 is 60.4 Å². The minimum atomic E-state index is -1.58. The van der Waals surface area contributed by atoms with Gasteiger partial charge in [0.05, 0.1) is 12.6 Å². The van der Waals surface area contributed by atoms with E-state index in [9.17, 15) is 29.1 Å². The summed E-state index contributed by atoms with van der Waals surface area (Å²) in [6, 6.07) is -5.06. The molecular formula is C19H35N7O8S. The standard InChI is InChI=1S/C19H35N7O8S/c1-35-8-6-12(24-15(30)10(20)4-5-14(28)29)17(32)25-11(3-2-7-23-19(21)22)16(31)26-13(9-27)18(33)34/h10-13,27H,2-9,20H2,1H3,(H,24,30)(H,25,32)(H,26,31)(H,28,29)(H,33,34)(H4,21,22,23). The first-order chi connectivity index (χ1) is 16.4. The number of thioether (sulfide) groups is 1. The maximum Gasteiger partial charge on any atom is 0.328 e. The van der Waals surface area contributed by atoms with E-state index in [1.54, 1.807) is 6.26 Å². The normalized spacial score (nSPS) is 14.0. The molecule has 0 aliphatic heterocycles. The van der Waals surface area contributed by atoms with Gasteiger partial charge in [0.25, 0.3) is 0 Å². The third-order valence-electron chi connectivity index (χ3n) is 4.63. The molecule has 0 saturated heterocycles. The van der Waals surface area contributed by atoms with Crippen molar-refractivity contribution in [1.82, 2.24) is 16.0 Å². The van der Waals surface area contributed by atoms with E-state index in [2.05, 4.69) is 20.9 Å². The van der Waals surface area contributed by atoms with Crippen LogP contribution in [0.15, 0.2) is 4.99 Å². The van der Waals surface area contributed by atoms with Gasteiger partial charge in [0.2, 0.25) is 17.7 Å². The van der Waals surface area contributed by atoms with Crippen LogP contribution < -0.4 is 33.2 Å². The van der Waals surface area contributed by atoms with Crippen LogP contribution in [0.2, 0.25) is 0 Å². The number of hydrogen-bond acceptors (Lipinski definition) is 9. The van der Waals surface area contributed by atoms with Crippen LogP contribution in [0.5, 0.6) is 0 Å². The number of amides is 3. The molecule has 0 aromatic heterocycles. The number of nitrogens with zero attached hydrogens (tertiary/aromatic N) is 1. The number of carboxylic acids is 2. The molecule has 0 aliphatic carbocycles. The highest BCUT2D eigenvalue weighted by molar-refractivity contribution is 7.98. The Bertz CT molecular complexity index is 763. The lowest BCUT2D eigenvalue weighted by Crippen LogP contribution is -2.57. The predicted octanol–water partition coefficient (Wildman–Crippen LogP) is -3.48. The Morgan fingerprint density at radius 1 is 0.886 bits per heavy atom. The van der Waals surface area contributed by atoms with Gasteiger partial charge in [0.15, 0.2) is 5.96 Å². The van der Waals surface area contributed by atoms with Crippen LogP contribution in [0.3, 0.4) is 0 Å². The summed E-state index contributed by atoms with van der Waals surface area (Å²) in [4.78, 5) is 63.6. The quantitative estimate of drug-likeness (QED) is 0.0483. The summed E-state index contributed by atoms with van der Waals surface area (Å²) < 4.78 is 0. The first kappa shape index (κ1) is 31.9. The van der Waals surface area contributed by atoms with Gasteiger partial charge in [-0.2, -0.15) is 11.8 Å². The van der Waals surface area contributed by atoms with Gasteiger partial charge in [-0.1, -0.05) is 0 Å². The van der Waals surface area contributed by atoms with E-state index in [1.165, 1.54) is 11.8 Å². The fraction of sp³-hybridized carbons (Fsp3) is 0.684. The lowest BCUT2D eigenvalue weighted by atomic mass is 10.1. The molecule has 0 saturated carbocycles. The molecule has 200 valence electrons. The molecule has 16 heteroatoms. The van der Waals surface area contributed by atoms with E-state index in [1.807, 2.05) is 0 Å². The number of guanidine groups is 1. The van der Waals surface area contributed by atoms with Crippen LogP contribution in [0.25, 0.3) is 0 Å². The van der Waals surface area contributed by atoms with Crippen LogP contribution in [-0.2, 0) is 24.0 Å². The number of aliphatic hydroxyl groups excluding tert-OH is 1. The molecule has 12 N–H and O–H groups in total. The van der Waals surface area contributed by atoms with E-state index in [-0.39, 0.29) is 44.6 Å². The summed E-state index contributed by atoms with van der Waals surface area (Å²) >= 11 is 1.41. The van der Waals surface area contributed by atoms with Crippen LogP contribution in [0, 0.1) is 0 Å². The SMILES string of the molecule is CSCCC(NC(=O)C(N)CCC(=O)O)C(=O)NC(CCCN=C(N)N)C(=O)NC(CO)C(=O)O. The zero-order valence-electron chi connectivity index (χ0n) is 19.4. The molecule has 0 radical (unpaired) electrons. The Kier molecular flexibility index (Phi) is 15.8. The molecule has 0 fully saturated rings. The van der Waals surface area contributed by atoms with Crippen molar-refractivity contribution in [3.63, 3.8) is 0 Å². The molecule has 0 aromatic rings. The van der Waals surface area contributed by atoms with Crippen molar-refractivity contribution in [1.29, 1.82) is 0 Å². The minimum absolute atomic E-state index is 0.0213. The highest BCUT2D eigenvalue weighted by Crippen LogP contribution is 2.06. The zero-order valence-corrected chi connectivity index (χ0v) is 20.3. The number of carbonyl (C=O) groups excluding carboxylic acids is 3. The topological polar surface area (TPSA) is 273 Å². The second kappa shape index (κ2) is 17.3. The van der Waals surface area contributed by atoms with Crippen molar-refractivity contribution in [3.8, 4) is 0 Å². The number of nitrogens with two attached hydrogens (primary N) is 3. The molecule has 0 spiro atoms. The first-order valence-electron chi connectivity index (χ1n) is 10.7. The van der Waals surface area contributed by atoms with Crippen LogP contribution in [0.4, 0.5) is 0 Å². The summed E-state index contributed by atoms with van der Waals surface area (Å²) in [7, 11) is 0. The molecule has 15 nitrogen and oxygen atoms in total. The van der Waals surface area contributed by atoms with Gasteiger partial charge in [-0.3, -0.25) is 24.2 Å². The molecule has 0 aromatic carbocycles. The van der Waals surface area contributed by atoms with E-state index in [0.717, 1.165) is 0 Å². The Morgan fingerprint density at radius 3 is 1.91 bits per heavy atom. The highest BCUT2D eigenvalue weighted by atomic mass is 32.2. The fourth-order valence-corrected chi connectivity index (χ4v) is 3.17. The van der Waals surface area contributed by atoms with Crippen molar-refractivity contribution in [2.24, 2.45) is 22.2 Å². The molecule has 0 rings (SSSR count). The van der Waals surface area contributed by atoms with Gasteiger partial charge in [-0.05, 0) is 37.7 Å².